The van der Waals surface area contributed by atoms with Gasteiger partial charge in [-0.25, -0.2) is 4.39 Å². The number of rotatable bonds is 5. The van der Waals surface area contributed by atoms with E-state index in [1.54, 1.807) is 0 Å². The van der Waals surface area contributed by atoms with Crippen molar-refractivity contribution in [2.75, 3.05) is 32.8 Å². The van der Waals surface area contributed by atoms with E-state index < -0.39 is 0 Å². The lowest BCUT2D eigenvalue weighted by molar-refractivity contribution is 0.154. The fourth-order valence-corrected chi connectivity index (χ4v) is 3.20. The molecule has 2 rings (SSSR count). The quantitative estimate of drug-likeness (QED) is 0.869. The summed E-state index contributed by atoms with van der Waals surface area (Å²) in [6.07, 6.45) is 1.65. The van der Waals surface area contributed by atoms with Crippen LogP contribution in [0.4, 0.5) is 4.39 Å². The largest absolute Gasteiger partial charge is 0.396 e. The van der Waals surface area contributed by atoms with Crippen molar-refractivity contribution >= 4 is 15.9 Å². The summed E-state index contributed by atoms with van der Waals surface area (Å²) in [5, 5.41) is 12.4. The van der Waals surface area contributed by atoms with Gasteiger partial charge in [0, 0.05) is 43.3 Å². The van der Waals surface area contributed by atoms with E-state index in [-0.39, 0.29) is 18.5 Å². The lowest BCUT2D eigenvalue weighted by Crippen LogP contribution is -2.45. The molecule has 2 N–H and O–H groups in total. The molecule has 0 aliphatic carbocycles. The number of halogens is 2. The first-order valence-corrected chi connectivity index (χ1v) is 7.52. The van der Waals surface area contributed by atoms with Gasteiger partial charge in [0.05, 0.1) is 0 Å². The lowest BCUT2D eigenvalue weighted by atomic mass is 9.99. The van der Waals surface area contributed by atoms with Gasteiger partial charge < -0.3 is 10.4 Å². The first-order chi connectivity index (χ1) is 9.22. The third kappa shape index (κ3) is 3.99. The van der Waals surface area contributed by atoms with E-state index in [0.717, 1.165) is 49.1 Å². The van der Waals surface area contributed by atoms with Crippen molar-refractivity contribution in [3.8, 4) is 0 Å². The molecule has 0 bridgehead atoms. The molecule has 0 radical (unpaired) electrons. The molecule has 1 aromatic rings. The Balaban J connectivity index is 2.19. The van der Waals surface area contributed by atoms with Crippen LogP contribution >= 0.6 is 15.9 Å². The maximum Gasteiger partial charge on any atom is 0.124 e. The molecule has 0 aromatic heterocycles. The van der Waals surface area contributed by atoms with E-state index in [9.17, 15) is 4.39 Å². The van der Waals surface area contributed by atoms with Crippen LogP contribution in [0.25, 0.3) is 0 Å². The van der Waals surface area contributed by atoms with E-state index in [4.69, 9.17) is 5.11 Å². The lowest BCUT2D eigenvalue weighted by Gasteiger charge is -2.35. The monoisotopic (exact) mass is 330 g/mol. The molecule has 5 heteroatoms. The first-order valence-electron chi connectivity index (χ1n) is 6.73. The summed E-state index contributed by atoms with van der Waals surface area (Å²) in [5.41, 5.74) is 1.11. The highest BCUT2D eigenvalue weighted by Crippen LogP contribution is 2.32. The summed E-state index contributed by atoms with van der Waals surface area (Å²) >= 11 is 3.46. The van der Waals surface area contributed by atoms with Crippen molar-refractivity contribution in [3.63, 3.8) is 0 Å². The Morgan fingerprint density at radius 3 is 2.74 bits per heavy atom. The highest BCUT2D eigenvalue weighted by molar-refractivity contribution is 9.10. The molecule has 0 spiro atoms. The van der Waals surface area contributed by atoms with Crippen LogP contribution < -0.4 is 5.32 Å². The zero-order chi connectivity index (χ0) is 13.7. The average molecular weight is 331 g/mol. The van der Waals surface area contributed by atoms with Crippen LogP contribution in [0.15, 0.2) is 22.7 Å². The molecule has 1 aliphatic heterocycles. The van der Waals surface area contributed by atoms with Gasteiger partial charge in [0.2, 0.25) is 0 Å². The number of piperazine rings is 1. The molecular weight excluding hydrogens is 311 g/mol. The summed E-state index contributed by atoms with van der Waals surface area (Å²) in [6, 6.07) is 5.12. The molecular formula is C14H20BrFN2O. The van der Waals surface area contributed by atoms with Gasteiger partial charge in [-0.1, -0.05) is 22.0 Å². The molecule has 19 heavy (non-hydrogen) atoms. The van der Waals surface area contributed by atoms with E-state index in [0.29, 0.717) is 0 Å². The zero-order valence-electron chi connectivity index (χ0n) is 10.9. The summed E-state index contributed by atoms with van der Waals surface area (Å²) in [4.78, 5) is 2.41. The summed E-state index contributed by atoms with van der Waals surface area (Å²) in [5.74, 6) is -0.225. The van der Waals surface area contributed by atoms with Crippen LogP contribution in [0.1, 0.15) is 24.4 Å². The van der Waals surface area contributed by atoms with Gasteiger partial charge in [-0.3, -0.25) is 4.90 Å². The number of hydrogen-bond acceptors (Lipinski definition) is 3. The highest BCUT2D eigenvalue weighted by Gasteiger charge is 2.23. The predicted octanol–water partition coefficient (Wildman–Crippen LogP) is 2.31. The molecule has 1 aliphatic rings. The second kappa shape index (κ2) is 7.33. The van der Waals surface area contributed by atoms with Gasteiger partial charge in [0.25, 0.3) is 0 Å². The van der Waals surface area contributed by atoms with Crippen molar-refractivity contribution in [3.05, 3.63) is 34.1 Å². The Morgan fingerprint density at radius 1 is 1.37 bits per heavy atom. The number of benzene rings is 1. The van der Waals surface area contributed by atoms with Crippen molar-refractivity contribution < 1.29 is 9.50 Å². The first kappa shape index (κ1) is 14.9. The molecule has 3 nitrogen and oxygen atoms in total. The average Bonchev–Trinajstić information content (AvgIpc) is 2.42. The van der Waals surface area contributed by atoms with E-state index in [1.807, 2.05) is 6.07 Å². The molecule has 106 valence electrons. The van der Waals surface area contributed by atoms with Crippen molar-refractivity contribution in [1.82, 2.24) is 10.2 Å². The molecule has 1 aromatic carbocycles. The molecule has 0 amide bonds. The van der Waals surface area contributed by atoms with Crippen molar-refractivity contribution in [2.45, 2.75) is 18.9 Å². The third-order valence-electron chi connectivity index (χ3n) is 3.55. The maximum absolute atomic E-state index is 13.2. The van der Waals surface area contributed by atoms with Crippen LogP contribution in [-0.2, 0) is 0 Å². The molecule has 0 unspecified atom stereocenters. The molecule has 1 heterocycles. The predicted molar refractivity (Wildman–Crippen MR) is 77.6 cm³/mol. The van der Waals surface area contributed by atoms with E-state index in [2.05, 4.69) is 26.1 Å². The Hall–Kier alpha value is -0.490. The van der Waals surface area contributed by atoms with Gasteiger partial charge in [-0.15, -0.1) is 0 Å². The second-order valence-electron chi connectivity index (χ2n) is 4.83. The van der Waals surface area contributed by atoms with Crippen LogP contribution in [0.5, 0.6) is 0 Å². The van der Waals surface area contributed by atoms with Gasteiger partial charge >= 0.3 is 0 Å². The fraction of sp³-hybridized carbons (Fsp3) is 0.571. The van der Waals surface area contributed by atoms with Crippen LogP contribution in [0.2, 0.25) is 0 Å². The summed E-state index contributed by atoms with van der Waals surface area (Å²) in [7, 11) is 0. The van der Waals surface area contributed by atoms with E-state index >= 15 is 0 Å². The Morgan fingerprint density at radius 2 is 2.11 bits per heavy atom. The fourth-order valence-electron chi connectivity index (χ4n) is 2.58. The summed E-state index contributed by atoms with van der Waals surface area (Å²) in [6.45, 7) is 4.13. The maximum atomic E-state index is 13.2. The van der Waals surface area contributed by atoms with Crippen molar-refractivity contribution in [2.24, 2.45) is 0 Å². The minimum atomic E-state index is -0.225. The standard InChI is InChI=1S/C14H20BrFN2O/c15-13-10-11(16)3-4-12(13)14(2-1-9-19)18-7-5-17-6-8-18/h3-4,10,14,17,19H,1-2,5-9H2/t14-/m1/s1. The smallest absolute Gasteiger partial charge is 0.124 e. The molecule has 1 fully saturated rings. The number of nitrogens with zero attached hydrogens (tertiary/aromatic N) is 1. The minimum Gasteiger partial charge on any atom is -0.396 e. The van der Waals surface area contributed by atoms with Crippen molar-refractivity contribution in [1.29, 1.82) is 0 Å². The molecule has 1 atom stereocenters. The number of nitrogens with one attached hydrogen (secondary N) is 1. The topological polar surface area (TPSA) is 35.5 Å². The second-order valence-corrected chi connectivity index (χ2v) is 5.69. The SMILES string of the molecule is OCCC[C@H](c1ccc(F)cc1Br)N1CCNCC1. The number of hydrogen-bond donors (Lipinski definition) is 2. The van der Waals surface area contributed by atoms with Gasteiger partial charge in [0.1, 0.15) is 5.82 Å². The minimum absolute atomic E-state index is 0.196. The number of aliphatic hydroxyl groups excluding tert-OH is 1. The van der Waals surface area contributed by atoms with Crippen LogP contribution in [0, 0.1) is 5.82 Å². The van der Waals surface area contributed by atoms with Crippen LogP contribution in [0.3, 0.4) is 0 Å². The van der Waals surface area contributed by atoms with Crippen LogP contribution in [-0.4, -0.2) is 42.8 Å². The van der Waals surface area contributed by atoms with E-state index in [1.165, 1.54) is 12.1 Å². The molecule has 1 saturated heterocycles. The zero-order valence-corrected chi connectivity index (χ0v) is 12.5. The van der Waals surface area contributed by atoms with Gasteiger partial charge in [-0.2, -0.15) is 0 Å². The third-order valence-corrected chi connectivity index (χ3v) is 4.24. The Bertz CT molecular complexity index is 410. The highest BCUT2D eigenvalue weighted by atomic mass is 79.9. The number of aliphatic hydroxyl groups is 1. The van der Waals surface area contributed by atoms with Gasteiger partial charge in [0.15, 0.2) is 0 Å². The Labute approximate surface area is 121 Å². The summed E-state index contributed by atoms with van der Waals surface area (Å²) < 4.78 is 14.0. The Kier molecular flexibility index (Phi) is 5.76. The normalized spacial score (nSPS) is 18.5. The molecule has 0 saturated carbocycles. The van der Waals surface area contributed by atoms with Gasteiger partial charge in [-0.05, 0) is 30.5 Å².